The number of nitrogen functional groups attached to an aromatic ring is 1. The summed E-state index contributed by atoms with van der Waals surface area (Å²) >= 11 is 0. The van der Waals surface area contributed by atoms with E-state index in [-0.39, 0.29) is 4.90 Å². The van der Waals surface area contributed by atoms with E-state index in [1.165, 1.54) is 19.1 Å². The zero-order valence-corrected chi connectivity index (χ0v) is 12.3. The zero-order valence-electron chi connectivity index (χ0n) is 11.5. The number of nitrogens with two attached hydrogens (primary N) is 1. The summed E-state index contributed by atoms with van der Waals surface area (Å²) in [6.07, 6.45) is 0. The predicted octanol–water partition coefficient (Wildman–Crippen LogP) is 2.07. The lowest BCUT2D eigenvalue weighted by atomic mass is 10.3. The van der Waals surface area contributed by atoms with E-state index in [0.717, 1.165) is 0 Å². The molecule has 5 nitrogen and oxygen atoms in total. The fourth-order valence-electron chi connectivity index (χ4n) is 1.82. The molecule has 0 saturated carbocycles. The first-order chi connectivity index (χ1) is 9.91. The minimum Gasteiger partial charge on any atom is -0.399 e. The lowest BCUT2D eigenvalue weighted by Gasteiger charge is -2.13. The highest BCUT2D eigenvalue weighted by Gasteiger charge is 2.29. The first-order valence-electron chi connectivity index (χ1n) is 6.36. The Hall–Kier alpha value is -2.34. The Balaban J connectivity index is 2.20. The van der Waals surface area contributed by atoms with E-state index in [1.807, 2.05) is 0 Å². The van der Waals surface area contributed by atoms with Crippen LogP contribution in [0.3, 0.4) is 0 Å². The second kappa shape index (κ2) is 5.97. The van der Waals surface area contributed by atoms with Crippen LogP contribution < -0.4 is 11.1 Å². The van der Waals surface area contributed by atoms with Crippen molar-refractivity contribution in [1.82, 2.24) is 0 Å². The molecule has 1 unspecified atom stereocenters. The van der Waals surface area contributed by atoms with Crippen LogP contribution >= 0.6 is 0 Å². The van der Waals surface area contributed by atoms with Crippen LogP contribution in [0.2, 0.25) is 0 Å². The van der Waals surface area contributed by atoms with Crippen molar-refractivity contribution in [3.63, 3.8) is 0 Å². The molecule has 21 heavy (non-hydrogen) atoms. The van der Waals surface area contributed by atoms with Gasteiger partial charge in [0.1, 0.15) is 5.25 Å². The number of amides is 1. The Morgan fingerprint density at radius 2 is 1.76 bits per heavy atom. The average Bonchev–Trinajstić information content (AvgIpc) is 2.47. The summed E-state index contributed by atoms with van der Waals surface area (Å²) in [6, 6.07) is 14.5. The number of hydrogen-bond acceptors (Lipinski definition) is 4. The van der Waals surface area contributed by atoms with Crippen molar-refractivity contribution in [2.24, 2.45) is 0 Å². The highest BCUT2D eigenvalue weighted by atomic mass is 32.2. The Morgan fingerprint density at radius 1 is 1.10 bits per heavy atom. The number of carbonyl (C=O) groups is 1. The molecule has 0 bridgehead atoms. The van der Waals surface area contributed by atoms with Crippen molar-refractivity contribution in [2.75, 3.05) is 11.1 Å². The summed E-state index contributed by atoms with van der Waals surface area (Å²) < 4.78 is 24.7. The molecule has 0 radical (unpaired) electrons. The number of sulfone groups is 1. The van der Waals surface area contributed by atoms with Gasteiger partial charge in [-0.15, -0.1) is 0 Å². The van der Waals surface area contributed by atoms with E-state index in [4.69, 9.17) is 5.73 Å². The normalized spacial score (nSPS) is 12.6. The molecule has 2 rings (SSSR count). The van der Waals surface area contributed by atoms with Gasteiger partial charge in [-0.1, -0.05) is 24.3 Å². The van der Waals surface area contributed by atoms with Crippen molar-refractivity contribution in [3.05, 3.63) is 54.6 Å². The van der Waals surface area contributed by atoms with Gasteiger partial charge in [-0.05, 0) is 37.3 Å². The Kier molecular flexibility index (Phi) is 4.28. The van der Waals surface area contributed by atoms with Crippen LogP contribution in [0.1, 0.15) is 6.92 Å². The van der Waals surface area contributed by atoms with Gasteiger partial charge in [0, 0.05) is 11.4 Å². The minimum atomic E-state index is -3.71. The SMILES string of the molecule is CC(C(=O)Nc1cccc(N)c1)S(=O)(=O)c1ccccc1. The maximum absolute atomic E-state index is 12.3. The van der Waals surface area contributed by atoms with Crippen molar-refractivity contribution < 1.29 is 13.2 Å². The third-order valence-corrected chi connectivity index (χ3v) is 5.13. The molecule has 0 spiro atoms. The van der Waals surface area contributed by atoms with Crippen LogP contribution in [0.15, 0.2) is 59.5 Å². The maximum Gasteiger partial charge on any atom is 0.242 e. The largest absolute Gasteiger partial charge is 0.399 e. The fraction of sp³-hybridized carbons (Fsp3) is 0.133. The second-order valence-corrected chi connectivity index (χ2v) is 6.88. The van der Waals surface area contributed by atoms with Crippen molar-refractivity contribution >= 4 is 27.1 Å². The average molecular weight is 304 g/mol. The van der Waals surface area contributed by atoms with Gasteiger partial charge in [0.15, 0.2) is 9.84 Å². The van der Waals surface area contributed by atoms with Gasteiger partial charge in [-0.3, -0.25) is 4.79 Å². The van der Waals surface area contributed by atoms with E-state index < -0.39 is 21.0 Å². The summed E-state index contributed by atoms with van der Waals surface area (Å²) in [5.74, 6) is -0.593. The molecular formula is C15H16N2O3S. The highest BCUT2D eigenvalue weighted by Crippen LogP contribution is 2.18. The zero-order chi connectivity index (χ0) is 15.5. The van der Waals surface area contributed by atoms with E-state index >= 15 is 0 Å². The third kappa shape index (κ3) is 3.41. The van der Waals surface area contributed by atoms with E-state index in [0.29, 0.717) is 11.4 Å². The molecule has 6 heteroatoms. The molecule has 3 N–H and O–H groups in total. The molecule has 1 atom stereocenters. The number of rotatable bonds is 4. The van der Waals surface area contributed by atoms with Gasteiger partial charge in [-0.2, -0.15) is 0 Å². The molecule has 0 aliphatic heterocycles. The Labute approximate surface area is 123 Å². The van der Waals surface area contributed by atoms with Crippen LogP contribution in [0, 0.1) is 0 Å². The molecular weight excluding hydrogens is 288 g/mol. The molecule has 2 aromatic carbocycles. The number of benzene rings is 2. The van der Waals surface area contributed by atoms with Crippen LogP contribution in [0.5, 0.6) is 0 Å². The second-order valence-electron chi connectivity index (χ2n) is 4.62. The van der Waals surface area contributed by atoms with Gasteiger partial charge >= 0.3 is 0 Å². The summed E-state index contributed by atoms with van der Waals surface area (Å²) in [4.78, 5) is 12.2. The van der Waals surface area contributed by atoms with Crippen molar-refractivity contribution in [1.29, 1.82) is 0 Å². The van der Waals surface area contributed by atoms with Crippen molar-refractivity contribution in [3.8, 4) is 0 Å². The monoisotopic (exact) mass is 304 g/mol. The topological polar surface area (TPSA) is 89.3 Å². The first-order valence-corrected chi connectivity index (χ1v) is 7.91. The summed E-state index contributed by atoms with van der Waals surface area (Å²) in [5.41, 5.74) is 6.58. The molecule has 0 aliphatic carbocycles. The molecule has 0 aliphatic rings. The van der Waals surface area contributed by atoms with Crippen LogP contribution in [0.4, 0.5) is 11.4 Å². The minimum absolute atomic E-state index is 0.125. The van der Waals surface area contributed by atoms with E-state index in [2.05, 4.69) is 5.32 Å². The van der Waals surface area contributed by atoms with Gasteiger partial charge in [0.05, 0.1) is 4.90 Å². The van der Waals surface area contributed by atoms with Crippen LogP contribution in [-0.4, -0.2) is 19.6 Å². The number of carbonyl (C=O) groups excluding carboxylic acids is 1. The fourth-order valence-corrected chi connectivity index (χ4v) is 3.10. The smallest absolute Gasteiger partial charge is 0.242 e. The highest BCUT2D eigenvalue weighted by molar-refractivity contribution is 7.92. The standard InChI is InChI=1S/C15H16N2O3S/c1-11(21(19,20)14-8-3-2-4-9-14)15(18)17-13-7-5-6-12(16)10-13/h2-11H,16H2,1H3,(H,17,18). The van der Waals surface area contributed by atoms with E-state index in [9.17, 15) is 13.2 Å². The van der Waals surface area contributed by atoms with Crippen molar-refractivity contribution in [2.45, 2.75) is 17.1 Å². The van der Waals surface area contributed by atoms with Gasteiger partial charge in [0.25, 0.3) is 0 Å². The van der Waals surface area contributed by atoms with Crippen LogP contribution in [-0.2, 0) is 14.6 Å². The number of nitrogens with one attached hydrogen (secondary N) is 1. The number of anilines is 2. The molecule has 0 aromatic heterocycles. The van der Waals surface area contributed by atoms with E-state index in [1.54, 1.807) is 42.5 Å². The summed E-state index contributed by atoms with van der Waals surface area (Å²) in [7, 11) is -3.71. The van der Waals surface area contributed by atoms with Gasteiger partial charge < -0.3 is 11.1 Å². The molecule has 110 valence electrons. The van der Waals surface area contributed by atoms with Gasteiger partial charge in [0.2, 0.25) is 5.91 Å². The number of hydrogen-bond donors (Lipinski definition) is 2. The summed E-state index contributed by atoms with van der Waals surface area (Å²) in [5, 5.41) is 1.37. The lowest BCUT2D eigenvalue weighted by Crippen LogP contribution is -2.32. The molecule has 2 aromatic rings. The first kappa shape index (κ1) is 15.1. The molecule has 0 fully saturated rings. The van der Waals surface area contributed by atoms with Crippen LogP contribution in [0.25, 0.3) is 0 Å². The molecule has 0 heterocycles. The Bertz CT molecular complexity index is 743. The maximum atomic E-state index is 12.3. The Morgan fingerprint density at radius 3 is 2.38 bits per heavy atom. The lowest BCUT2D eigenvalue weighted by molar-refractivity contribution is -0.115. The summed E-state index contributed by atoms with van der Waals surface area (Å²) in [6.45, 7) is 1.37. The third-order valence-electron chi connectivity index (χ3n) is 3.06. The molecule has 1 amide bonds. The quantitative estimate of drug-likeness (QED) is 0.846. The predicted molar refractivity (Wildman–Crippen MR) is 82.6 cm³/mol. The van der Waals surface area contributed by atoms with Gasteiger partial charge in [-0.25, -0.2) is 8.42 Å². The molecule has 0 saturated heterocycles.